The molecule has 0 aromatic carbocycles. The van der Waals surface area contributed by atoms with Gasteiger partial charge in [0.05, 0.1) is 12.2 Å². The molecule has 2 nitrogen and oxygen atoms in total. The first-order valence-electron chi connectivity index (χ1n) is 3.81. The maximum absolute atomic E-state index is 9.54. The molecule has 1 aliphatic carbocycles. The van der Waals surface area contributed by atoms with Crippen LogP contribution in [0.2, 0.25) is 0 Å². The first-order chi connectivity index (χ1) is 4.45. The Labute approximate surface area is 61.9 Å². The van der Waals surface area contributed by atoms with Crippen LogP contribution >= 0.6 is 0 Å². The Bertz CT molecular complexity index is 131. The molecule has 0 spiro atoms. The van der Waals surface area contributed by atoms with Gasteiger partial charge in [-0.2, -0.15) is 0 Å². The van der Waals surface area contributed by atoms with Gasteiger partial charge in [-0.25, -0.2) is 0 Å². The second-order valence-electron chi connectivity index (χ2n) is 4.06. The molecule has 0 bridgehead atoms. The molecule has 2 heteroatoms. The van der Waals surface area contributed by atoms with Gasteiger partial charge in [-0.3, -0.25) is 0 Å². The van der Waals surface area contributed by atoms with Crippen molar-refractivity contribution in [2.45, 2.75) is 39.4 Å². The summed E-state index contributed by atoms with van der Waals surface area (Å²) >= 11 is 0. The van der Waals surface area contributed by atoms with E-state index in [1.54, 1.807) is 0 Å². The summed E-state index contributed by atoms with van der Waals surface area (Å²) in [5, 5.41) is 18.9. The van der Waals surface area contributed by atoms with E-state index in [9.17, 15) is 10.2 Å². The fourth-order valence-corrected chi connectivity index (χ4v) is 1.77. The van der Waals surface area contributed by atoms with Crippen LogP contribution in [0.5, 0.6) is 0 Å². The zero-order chi connectivity index (χ0) is 7.94. The SMILES string of the molecule is CC1C(O)CC(C)(C)C1O. The first-order valence-corrected chi connectivity index (χ1v) is 3.81. The van der Waals surface area contributed by atoms with Gasteiger partial charge < -0.3 is 10.2 Å². The molecule has 0 heterocycles. The minimum Gasteiger partial charge on any atom is -0.393 e. The second kappa shape index (κ2) is 2.21. The molecule has 0 aromatic heterocycles. The third-order valence-corrected chi connectivity index (χ3v) is 2.64. The van der Waals surface area contributed by atoms with Crippen LogP contribution in [0.25, 0.3) is 0 Å². The monoisotopic (exact) mass is 144 g/mol. The van der Waals surface area contributed by atoms with Crippen molar-refractivity contribution in [2.24, 2.45) is 11.3 Å². The van der Waals surface area contributed by atoms with Gasteiger partial charge in [-0.05, 0) is 11.8 Å². The van der Waals surface area contributed by atoms with E-state index in [4.69, 9.17) is 0 Å². The van der Waals surface area contributed by atoms with E-state index in [0.29, 0.717) is 0 Å². The van der Waals surface area contributed by atoms with Gasteiger partial charge in [0.25, 0.3) is 0 Å². The van der Waals surface area contributed by atoms with Gasteiger partial charge in [0.2, 0.25) is 0 Å². The molecule has 0 radical (unpaired) electrons. The number of aliphatic hydroxyl groups excluding tert-OH is 2. The Morgan fingerprint density at radius 3 is 1.90 bits per heavy atom. The molecule has 10 heavy (non-hydrogen) atoms. The second-order valence-corrected chi connectivity index (χ2v) is 4.06. The summed E-state index contributed by atoms with van der Waals surface area (Å²) in [5.74, 6) is 0.0370. The minimum atomic E-state index is -0.345. The lowest BCUT2D eigenvalue weighted by Crippen LogP contribution is -2.27. The molecular formula is C8H16O2. The van der Waals surface area contributed by atoms with Gasteiger partial charge >= 0.3 is 0 Å². The quantitative estimate of drug-likeness (QED) is 0.527. The van der Waals surface area contributed by atoms with Crippen LogP contribution < -0.4 is 0 Å². The Morgan fingerprint density at radius 2 is 1.80 bits per heavy atom. The number of hydrogen-bond donors (Lipinski definition) is 2. The van der Waals surface area contributed by atoms with Crippen LogP contribution in [0.4, 0.5) is 0 Å². The Kier molecular flexibility index (Phi) is 1.77. The van der Waals surface area contributed by atoms with Gasteiger partial charge in [-0.15, -0.1) is 0 Å². The summed E-state index contributed by atoms with van der Waals surface area (Å²) in [4.78, 5) is 0. The molecular weight excluding hydrogens is 128 g/mol. The predicted molar refractivity (Wildman–Crippen MR) is 39.6 cm³/mol. The van der Waals surface area contributed by atoms with Crippen molar-refractivity contribution in [1.82, 2.24) is 0 Å². The van der Waals surface area contributed by atoms with Crippen molar-refractivity contribution < 1.29 is 10.2 Å². The topological polar surface area (TPSA) is 40.5 Å². The molecule has 1 fully saturated rings. The van der Waals surface area contributed by atoms with E-state index in [2.05, 4.69) is 0 Å². The third-order valence-electron chi connectivity index (χ3n) is 2.64. The highest BCUT2D eigenvalue weighted by molar-refractivity contribution is 4.94. The van der Waals surface area contributed by atoms with Gasteiger partial charge in [0.15, 0.2) is 0 Å². The van der Waals surface area contributed by atoms with Crippen LogP contribution in [0, 0.1) is 11.3 Å². The third kappa shape index (κ3) is 1.06. The molecule has 3 unspecified atom stereocenters. The van der Waals surface area contributed by atoms with Gasteiger partial charge in [-0.1, -0.05) is 20.8 Å². The van der Waals surface area contributed by atoms with E-state index in [-0.39, 0.29) is 23.5 Å². The summed E-state index contributed by atoms with van der Waals surface area (Å²) in [6.45, 7) is 5.87. The van der Waals surface area contributed by atoms with Crippen molar-refractivity contribution in [1.29, 1.82) is 0 Å². The van der Waals surface area contributed by atoms with Crippen LogP contribution in [-0.2, 0) is 0 Å². The standard InChI is InChI=1S/C8H16O2/c1-5-6(9)4-8(2,3)7(5)10/h5-7,9-10H,4H2,1-3H3. The van der Waals surface area contributed by atoms with Crippen molar-refractivity contribution in [3.8, 4) is 0 Å². The van der Waals surface area contributed by atoms with E-state index in [1.165, 1.54) is 0 Å². The molecule has 60 valence electrons. The zero-order valence-electron chi connectivity index (χ0n) is 6.83. The lowest BCUT2D eigenvalue weighted by Gasteiger charge is -2.23. The molecule has 1 rings (SSSR count). The fraction of sp³-hybridized carbons (Fsp3) is 1.00. The van der Waals surface area contributed by atoms with Crippen molar-refractivity contribution in [2.75, 3.05) is 0 Å². The maximum Gasteiger partial charge on any atom is 0.0642 e. The Morgan fingerprint density at radius 1 is 1.30 bits per heavy atom. The minimum absolute atomic E-state index is 0.0370. The highest BCUT2D eigenvalue weighted by Gasteiger charge is 2.44. The number of hydrogen-bond acceptors (Lipinski definition) is 2. The molecule has 0 aromatic rings. The number of aliphatic hydroxyl groups is 2. The molecule has 3 atom stereocenters. The zero-order valence-corrected chi connectivity index (χ0v) is 6.83. The molecule has 0 aliphatic heterocycles. The normalized spacial score (nSPS) is 45.9. The average Bonchev–Trinajstić information content (AvgIpc) is 1.95. The van der Waals surface area contributed by atoms with Gasteiger partial charge in [0, 0.05) is 5.92 Å². The lowest BCUT2D eigenvalue weighted by atomic mass is 9.88. The largest absolute Gasteiger partial charge is 0.393 e. The van der Waals surface area contributed by atoms with Crippen LogP contribution in [0.3, 0.4) is 0 Å². The van der Waals surface area contributed by atoms with E-state index < -0.39 is 0 Å². The molecule has 2 N–H and O–H groups in total. The lowest BCUT2D eigenvalue weighted by molar-refractivity contribution is 0.0393. The summed E-state index contributed by atoms with van der Waals surface area (Å²) in [5.41, 5.74) is -0.0984. The Hall–Kier alpha value is -0.0800. The number of rotatable bonds is 0. The fourth-order valence-electron chi connectivity index (χ4n) is 1.77. The summed E-state index contributed by atoms with van der Waals surface area (Å²) < 4.78 is 0. The highest BCUT2D eigenvalue weighted by atomic mass is 16.3. The summed E-state index contributed by atoms with van der Waals surface area (Å²) in [6, 6.07) is 0. The van der Waals surface area contributed by atoms with E-state index >= 15 is 0 Å². The first kappa shape index (κ1) is 8.02. The van der Waals surface area contributed by atoms with Crippen molar-refractivity contribution in [3.63, 3.8) is 0 Å². The average molecular weight is 144 g/mol. The van der Waals surface area contributed by atoms with Gasteiger partial charge in [0.1, 0.15) is 0 Å². The maximum atomic E-state index is 9.54. The molecule has 1 aliphatic rings. The van der Waals surface area contributed by atoms with Crippen LogP contribution in [0.15, 0.2) is 0 Å². The van der Waals surface area contributed by atoms with Crippen LogP contribution in [-0.4, -0.2) is 22.4 Å². The van der Waals surface area contributed by atoms with E-state index in [0.717, 1.165) is 6.42 Å². The molecule has 1 saturated carbocycles. The summed E-state index contributed by atoms with van der Waals surface area (Å²) in [7, 11) is 0. The van der Waals surface area contributed by atoms with Crippen molar-refractivity contribution in [3.05, 3.63) is 0 Å². The van der Waals surface area contributed by atoms with Crippen molar-refractivity contribution >= 4 is 0 Å². The molecule has 0 saturated heterocycles. The highest BCUT2D eigenvalue weighted by Crippen LogP contribution is 2.40. The van der Waals surface area contributed by atoms with Crippen LogP contribution in [0.1, 0.15) is 27.2 Å². The smallest absolute Gasteiger partial charge is 0.0642 e. The summed E-state index contributed by atoms with van der Waals surface area (Å²) in [6.07, 6.45) is 0.0579. The van der Waals surface area contributed by atoms with E-state index in [1.807, 2.05) is 20.8 Å². The predicted octanol–water partition coefficient (Wildman–Crippen LogP) is 0.774. The molecule has 0 amide bonds. The Balaban J connectivity index is 2.71.